The normalized spacial score (nSPS) is 11.3. The number of anilines is 3. The molecule has 0 N–H and O–H groups in total. The van der Waals surface area contributed by atoms with Gasteiger partial charge in [-0.3, -0.25) is 0 Å². The van der Waals surface area contributed by atoms with E-state index in [-0.39, 0.29) is 0 Å². The maximum absolute atomic E-state index is 2.44. The van der Waals surface area contributed by atoms with Gasteiger partial charge in [-0.15, -0.1) is 0 Å². The van der Waals surface area contributed by atoms with Crippen LogP contribution in [0.2, 0.25) is 0 Å². The lowest BCUT2D eigenvalue weighted by atomic mass is 9.94. The Kier molecular flexibility index (Phi) is 7.85. The third-order valence-corrected chi connectivity index (χ3v) is 10.6. The molecule has 0 radical (unpaired) electrons. The molecule has 0 atom stereocenters. The molecule has 2 nitrogen and oxygen atoms in total. The van der Waals surface area contributed by atoms with Crippen molar-refractivity contribution in [1.82, 2.24) is 4.57 Å². The number of rotatable bonds is 7. The predicted molar refractivity (Wildman–Crippen MR) is 229 cm³/mol. The number of benzene rings is 9. The van der Waals surface area contributed by atoms with Crippen LogP contribution in [0.3, 0.4) is 0 Å². The molecule has 0 aliphatic heterocycles. The zero-order valence-corrected chi connectivity index (χ0v) is 29.7. The minimum Gasteiger partial charge on any atom is -0.310 e. The van der Waals surface area contributed by atoms with Gasteiger partial charge in [0.2, 0.25) is 0 Å². The monoisotopic (exact) mass is 688 g/mol. The number of para-hydroxylation sites is 2. The fourth-order valence-corrected chi connectivity index (χ4v) is 8.14. The fraction of sp³-hybridized carbons (Fsp3) is 0. The van der Waals surface area contributed by atoms with E-state index in [0.29, 0.717) is 0 Å². The SMILES string of the molecule is c1ccc(-c2ccccc2-c2ccc(N(c3ccccc3)c3cccc(-c4cccc5c4c4ccc6ccccc6c4n5-c4ccccc4)c3)cc2)cc1. The molecule has 0 aliphatic carbocycles. The molecular formula is C52H36N2. The van der Waals surface area contributed by atoms with E-state index < -0.39 is 0 Å². The predicted octanol–water partition coefficient (Wildman–Crippen LogP) is 14.4. The molecule has 54 heavy (non-hydrogen) atoms. The van der Waals surface area contributed by atoms with Crippen molar-refractivity contribution < 1.29 is 0 Å². The van der Waals surface area contributed by atoms with Crippen LogP contribution in [0.5, 0.6) is 0 Å². The Hall–Kier alpha value is -7.16. The summed E-state index contributed by atoms with van der Waals surface area (Å²) >= 11 is 0. The lowest BCUT2D eigenvalue weighted by Gasteiger charge is -2.26. The molecule has 0 spiro atoms. The van der Waals surface area contributed by atoms with Gasteiger partial charge in [-0.05, 0) is 93.4 Å². The summed E-state index contributed by atoms with van der Waals surface area (Å²) in [6.07, 6.45) is 0. The van der Waals surface area contributed by atoms with E-state index in [0.717, 1.165) is 22.7 Å². The van der Waals surface area contributed by atoms with Crippen molar-refractivity contribution in [3.05, 3.63) is 218 Å². The lowest BCUT2D eigenvalue weighted by molar-refractivity contribution is 1.19. The van der Waals surface area contributed by atoms with Crippen LogP contribution in [0.4, 0.5) is 17.1 Å². The molecule has 0 bridgehead atoms. The Morgan fingerprint density at radius 1 is 0.333 bits per heavy atom. The molecule has 254 valence electrons. The van der Waals surface area contributed by atoms with Crippen LogP contribution in [0.15, 0.2) is 218 Å². The Bertz CT molecular complexity index is 2910. The second-order valence-electron chi connectivity index (χ2n) is 13.7. The zero-order valence-electron chi connectivity index (χ0n) is 29.7. The standard InChI is InChI=1S/C52H36N2/c1-4-16-37(17-5-1)45-25-12-13-26-46(45)39-30-33-43(34-31-39)53(41-20-6-2-7-21-41)44-24-14-19-40(36-44)47-28-15-29-50-51(47)49-35-32-38-18-10-11-27-48(38)52(49)54(50)42-22-8-3-9-23-42/h1-36H. The van der Waals surface area contributed by atoms with Gasteiger partial charge in [-0.2, -0.15) is 0 Å². The first-order valence-electron chi connectivity index (χ1n) is 18.5. The molecule has 0 fully saturated rings. The van der Waals surface area contributed by atoms with E-state index >= 15 is 0 Å². The Balaban J connectivity index is 1.13. The van der Waals surface area contributed by atoms with E-state index in [1.165, 1.54) is 66.0 Å². The molecular weight excluding hydrogens is 653 g/mol. The van der Waals surface area contributed by atoms with Gasteiger partial charge in [0.15, 0.2) is 0 Å². The minimum atomic E-state index is 1.10. The molecule has 1 heterocycles. The highest BCUT2D eigenvalue weighted by atomic mass is 15.1. The van der Waals surface area contributed by atoms with E-state index in [2.05, 4.69) is 228 Å². The number of nitrogens with zero attached hydrogens (tertiary/aromatic N) is 2. The molecule has 0 unspecified atom stereocenters. The highest BCUT2D eigenvalue weighted by molar-refractivity contribution is 6.22. The first-order valence-corrected chi connectivity index (χ1v) is 18.5. The largest absolute Gasteiger partial charge is 0.310 e. The van der Waals surface area contributed by atoms with Gasteiger partial charge in [-0.1, -0.05) is 164 Å². The number of hydrogen-bond acceptors (Lipinski definition) is 1. The molecule has 2 heteroatoms. The summed E-state index contributed by atoms with van der Waals surface area (Å²) in [7, 11) is 0. The van der Waals surface area contributed by atoms with E-state index in [4.69, 9.17) is 0 Å². The molecule has 0 amide bonds. The van der Waals surface area contributed by atoms with E-state index in [9.17, 15) is 0 Å². The molecule has 1 aromatic heterocycles. The van der Waals surface area contributed by atoms with E-state index in [1.807, 2.05) is 0 Å². The van der Waals surface area contributed by atoms with Crippen molar-refractivity contribution >= 4 is 49.6 Å². The van der Waals surface area contributed by atoms with Crippen LogP contribution in [-0.2, 0) is 0 Å². The van der Waals surface area contributed by atoms with Crippen molar-refractivity contribution in [3.63, 3.8) is 0 Å². The van der Waals surface area contributed by atoms with E-state index in [1.54, 1.807) is 0 Å². The third-order valence-electron chi connectivity index (χ3n) is 10.6. The van der Waals surface area contributed by atoms with Crippen LogP contribution >= 0.6 is 0 Å². The summed E-state index contributed by atoms with van der Waals surface area (Å²) in [5, 5.41) is 4.99. The highest BCUT2D eigenvalue weighted by Crippen LogP contribution is 2.43. The molecule has 10 aromatic rings. The lowest BCUT2D eigenvalue weighted by Crippen LogP contribution is -2.09. The first-order chi connectivity index (χ1) is 26.8. The average Bonchev–Trinajstić information content (AvgIpc) is 3.60. The summed E-state index contributed by atoms with van der Waals surface area (Å²) in [6.45, 7) is 0. The van der Waals surface area contributed by atoms with Crippen LogP contribution in [-0.4, -0.2) is 4.57 Å². The maximum Gasteiger partial charge on any atom is 0.0619 e. The topological polar surface area (TPSA) is 8.17 Å². The molecule has 0 saturated carbocycles. The number of aromatic nitrogens is 1. The van der Waals surface area contributed by atoms with Crippen molar-refractivity contribution in [1.29, 1.82) is 0 Å². The number of hydrogen-bond donors (Lipinski definition) is 0. The van der Waals surface area contributed by atoms with Crippen molar-refractivity contribution in [2.45, 2.75) is 0 Å². The first kappa shape index (κ1) is 31.6. The number of fused-ring (bicyclic) bond motifs is 5. The summed E-state index contributed by atoms with van der Waals surface area (Å²) in [5.74, 6) is 0. The molecule has 0 aliphatic rings. The van der Waals surface area contributed by atoms with Crippen molar-refractivity contribution in [2.24, 2.45) is 0 Å². The summed E-state index contributed by atoms with van der Waals surface area (Å²) < 4.78 is 2.44. The smallest absolute Gasteiger partial charge is 0.0619 e. The fourth-order valence-electron chi connectivity index (χ4n) is 8.14. The Morgan fingerprint density at radius 3 is 1.65 bits per heavy atom. The third kappa shape index (κ3) is 5.44. The second kappa shape index (κ2) is 13.4. The quantitative estimate of drug-likeness (QED) is 0.162. The van der Waals surface area contributed by atoms with Gasteiger partial charge in [0.25, 0.3) is 0 Å². The summed E-state index contributed by atoms with van der Waals surface area (Å²) in [5.41, 5.74) is 14.1. The summed E-state index contributed by atoms with van der Waals surface area (Å²) in [6, 6.07) is 78.7. The van der Waals surface area contributed by atoms with Gasteiger partial charge in [-0.25, -0.2) is 0 Å². The molecule has 10 rings (SSSR count). The van der Waals surface area contributed by atoms with Gasteiger partial charge >= 0.3 is 0 Å². The zero-order chi connectivity index (χ0) is 35.8. The van der Waals surface area contributed by atoms with Crippen molar-refractivity contribution in [3.8, 4) is 39.1 Å². The minimum absolute atomic E-state index is 1.10. The van der Waals surface area contributed by atoms with Gasteiger partial charge in [0, 0.05) is 38.9 Å². The second-order valence-corrected chi connectivity index (χ2v) is 13.7. The van der Waals surface area contributed by atoms with Gasteiger partial charge in [0.1, 0.15) is 0 Å². The Labute approximate surface area is 315 Å². The van der Waals surface area contributed by atoms with Crippen LogP contribution in [0, 0.1) is 0 Å². The molecule has 9 aromatic carbocycles. The average molecular weight is 689 g/mol. The van der Waals surface area contributed by atoms with Gasteiger partial charge < -0.3 is 9.47 Å². The highest BCUT2D eigenvalue weighted by Gasteiger charge is 2.20. The van der Waals surface area contributed by atoms with Crippen LogP contribution in [0.25, 0.3) is 71.6 Å². The van der Waals surface area contributed by atoms with Crippen LogP contribution in [0.1, 0.15) is 0 Å². The Morgan fingerprint density at radius 2 is 0.889 bits per heavy atom. The van der Waals surface area contributed by atoms with Gasteiger partial charge in [0.05, 0.1) is 11.0 Å². The van der Waals surface area contributed by atoms with Crippen LogP contribution < -0.4 is 4.90 Å². The molecule has 0 saturated heterocycles. The van der Waals surface area contributed by atoms with Crippen molar-refractivity contribution in [2.75, 3.05) is 4.90 Å². The maximum atomic E-state index is 2.44. The summed E-state index contributed by atoms with van der Waals surface area (Å²) in [4.78, 5) is 2.36.